The van der Waals surface area contributed by atoms with Crippen LogP contribution in [0.25, 0.3) is 10.9 Å². The van der Waals surface area contributed by atoms with Crippen molar-refractivity contribution in [3.05, 3.63) is 58.4 Å². The maximum atomic E-state index is 11.3. The van der Waals surface area contributed by atoms with Gasteiger partial charge in [-0.3, -0.25) is 9.89 Å². The Bertz CT molecular complexity index is 964. The van der Waals surface area contributed by atoms with Crippen molar-refractivity contribution < 1.29 is 5.11 Å². The Balaban J connectivity index is 1.80. The molecule has 0 amide bonds. The predicted octanol–water partition coefficient (Wildman–Crippen LogP) is 4.62. The van der Waals surface area contributed by atoms with E-state index in [1.807, 2.05) is 26.0 Å². The summed E-state index contributed by atoms with van der Waals surface area (Å²) in [7, 11) is 0. The second-order valence-corrected chi connectivity index (χ2v) is 8.53. The summed E-state index contributed by atoms with van der Waals surface area (Å²) in [6.45, 7) is 11.9. The Morgan fingerprint density at radius 3 is 3.00 bits per heavy atom. The summed E-state index contributed by atoms with van der Waals surface area (Å²) in [4.78, 5) is 10.3. The summed E-state index contributed by atoms with van der Waals surface area (Å²) >= 11 is 0. The Morgan fingerprint density at radius 2 is 2.25 bits per heavy atom. The first-order valence-corrected chi connectivity index (χ1v) is 10.3. The number of aromatic amines is 1. The molecule has 0 spiro atoms. The lowest BCUT2D eigenvalue weighted by molar-refractivity contribution is 0.103. The van der Waals surface area contributed by atoms with E-state index in [4.69, 9.17) is 0 Å². The molecule has 1 aromatic heterocycles. The number of aromatic nitrogens is 1. The van der Waals surface area contributed by atoms with Gasteiger partial charge in [0.25, 0.3) is 0 Å². The van der Waals surface area contributed by atoms with E-state index in [1.54, 1.807) is 6.20 Å². The van der Waals surface area contributed by atoms with Crippen molar-refractivity contribution in [1.82, 2.24) is 9.88 Å². The van der Waals surface area contributed by atoms with E-state index in [9.17, 15) is 5.11 Å². The van der Waals surface area contributed by atoms with Crippen molar-refractivity contribution in [3.63, 3.8) is 0 Å². The average Bonchev–Trinajstić information content (AvgIpc) is 3.25. The van der Waals surface area contributed by atoms with Crippen molar-refractivity contribution in [1.29, 1.82) is 0 Å². The number of allylic oxidation sites excluding steroid dienone is 1. The maximum Gasteiger partial charge on any atom is 0.0924 e. The van der Waals surface area contributed by atoms with Crippen LogP contribution in [0, 0.1) is 6.92 Å². The number of H-pyrrole nitrogens is 1. The standard InChI is InChI=1S/C24H31N3O/c1-5-7-18(15-25-4)24(3,28)14-17-12-16(2)13-19-22-20(26-23(17)19)9-11-27-10-6-8-21(22)27/h5,7,12-13,15,21,26,28H,4,6,8-11,14H2,1-3H3. The molecule has 0 saturated carbocycles. The van der Waals surface area contributed by atoms with Crippen molar-refractivity contribution in [2.24, 2.45) is 4.99 Å². The molecule has 2 unspecified atom stereocenters. The highest BCUT2D eigenvalue weighted by Crippen LogP contribution is 2.43. The number of hydrogen-bond acceptors (Lipinski definition) is 3. The van der Waals surface area contributed by atoms with E-state index in [-0.39, 0.29) is 0 Å². The van der Waals surface area contributed by atoms with Gasteiger partial charge in [-0.1, -0.05) is 23.8 Å². The molecule has 2 aromatic rings. The Morgan fingerprint density at radius 1 is 1.43 bits per heavy atom. The fraction of sp³-hybridized carbons (Fsp3) is 0.458. The molecular formula is C24H31N3O. The predicted molar refractivity (Wildman–Crippen MR) is 117 cm³/mol. The van der Waals surface area contributed by atoms with Gasteiger partial charge < -0.3 is 10.1 Å². The largest absolute Gasteiger partial charge is 0.385 e. The molecule has 2 N–H and O–H groups in total. The molecule has 148 valence electrons. The highest BCUT2D eigenvalue weighted by atomic mass is 16.3. The molecule has 3 heterocycles. The van der Waals surface area contributed by atoms with Crippen LogP contribution in [0.15, 0.2) is 41.1 Å². The summed E-state index contributed by atoms with van der Waals surface area (Å²) < 4.78 is 0. The Hall–Kier alpha value is -2.17. The number of aliphatic hydroxyl groups is 1. The molecule has 1 saturated heterocycles. The van der Waals surface area contributed by atoms with Crippen LogP contribution in [-0.4, -0.2) is 40.4 Å². The lowest BCUT2D eigenvalue weighted by Crippen LogP contribution is -2.30. The summed E-state index contributed by atoms with van der Waals surface area (Å²) in [5.74, 6) is 0. The normalized spacial score (nSPS) is 22.4. The van der Waals surface area contributed by atoms with Gasteiger partial charge in [-0.15, -0.1) is 0 Å². The van der Waals surface area contributed by atoms with Gasteiger partial charge in [-0.2, -0.15) is 0 Å². The molecule has 0 aliphatic carbocycles. The first kappa shape index (κ1) is 19.2. The van der Waals surface area contributed by atoms with E-state index < -0.39 is 5.60 Å². The van der Waals surface area contributed by atoms with Crippen LogP contribution in [0.1, 0.15) is 55.1 Å². The summed E-state index contributed by atoms with van der Waals surface area (Å²) in [6, 6.07) is 5.08. The molecule has 28 heavy (non-hydrogen) atoms. The molecule has 0 radical (unpaired) electrons. The first-order chi connectivity index (χ1) is 13.4. The minimum atomic E-state index is -1.01. The van der Waals surface area contributed by atoms with Crippen LogP contribution in [0.3, 0.4) is 0 Å². The third-order valence-corrected chi connectivity index (χ3v) is 6.33. The van der Waals surface area contributed by atoms with Crippen molar-refractivity contribution >= 4 is 17.6 Å². The van der Waals surface area contributed by atoms with Crippen molar-refractivity contribution in [3.8, 4) is 0 Å². The Labute approximate surface area is 167 Å². The van der Waals surface area contributed by atoms with Crippen LogP contribution in [0.4, 0.5) is 0 Å². The molecule has 1 fully saturated rings. The number of nitrogens with one attached hydrogen (secondary N) is 1. The second kappa shape index (κ2) is 7.34. The van der Waals surface area contributed by atoms with Crippen LogP contribution in [-0.2, 0) is 12.8 Å². The Kier molecular flexibility index (Phi) is 5.02. The second-order valence-electron chi connectivity index (χ2n) is 8.53. The molecule has 2 aliphatic rings. The molecule has 2 atom stereocenters. The zero-order valence-electron chi connectivity index (χ0n) is 17.3. The number of nitrogens with zero attached hydrogens (tertiary/aromatic N) is 2. The molecule has 4 rings (SSSR count). The summed E-state index contributed by atoms with van der Waals surface area (Å²) in [5.41, 5.74) is 6.25. The molecule has 1 aromatic carbocycles. The lowest BCUT2D eigenvalue weighted by Gasteiger charge is -2.30. The zero-order chi connectivity index (χ0) is 19.9. The summed E-state index contributed by atoms with van der Waals surface area (Å²) in [6.07, 6.45) is 9.65. The maximum absolute atomic E-state index is 11.3. The highest BCUT2D eigenvalue weighted by molar-refractivity contribution is 5.89. The van der Waals surface area contributed by atoms with Gasteiger partial charge in [-0.05, 0) is 64.1 Å². The highest BCUT2D eigenvalue weighted by Gasteiger charge is 2.34. The van der Waals surface area contributed by atoms with Gasteiger partial charge in [0.2, 0.25) is 0 Å². The van der Waals surface area contributed by atoms with Gasteiger partial charge >= 0.3 is 0 Å². The minimum absolute atomic E-state index is 0.532. The quantitative estimate of drug-likeness (QED) is 0.590. The first-order valence-electron chi connectivity index (χ1n) is 10.3. The van der Waals surface area contributed by atoms with Gasteiger partial charge in [0.15, 0.2) is 0 Å². The third-order valence-electron chi connectivity index (χ3n) is 6.33. The lowest BCUT2D eigenvalue weighted by atomic mass is 9.87. The smallest absolute Gasteiger partial charge is 0.0924 e. The van der Waals surface area contributed by atoms with Gasteiger partial charge in [-0.25, -0.2) is 0 Å². The topological polar surface area (TPSA) is 51.6 Å². The number of hydrogen-bond donors (Lipinski definition) is 2. The number of aliphatic imine (C=N–C) groups is 1. The minimum Gasteiger partial charge on any atom is -0.385 e. The van der Waals surface area contributed by atoms with Gasteiger partial charge in [0.05, 0.1) is 5.60 Å². The van der Waals surface area contributed by atoms with Crippen molar-refractivity contribution in [2.45, 2.75) is 58.1 Å². The van der Waals surface area contributed by atoms with Gasteiger partial charge in [0.1, 0.15) is 0 Å². The summed E-state index contributed by atoms with van der Waals surface area (Å²) in [5, 5.41) is 12.6. The zero-order valence-corrected chi connectivity index (χ0v) is 17.3. The molecule has 4 heteroatoms. The van der Waals surface area contributed by atoms with Gasteiger partial charge in [0, 0.05) is 53.8 Å². The monoisotopic (exact) mass is 377 g/mol. The van der Waals surface area contributed by atoms with E-state index in [2.05, 4.69) is 40.7 Å². The molecule has 2 aliphatic heterocycles. The number of rotatable bonds is 5. The van der Waals surface area contributed by atoms with E-state index >= 15 is 0 Å². The SMILES string of the molecule is C=NC=C(C=CC)C(C)(O)Cc1cc(C)cc2c3c([nH]c12)CCN1CCCC31. The fourth-order valence-corrected chi connectivity index (χ4v) is 5.11. The average molecular weight is 378 g/mol. The molecular weight excluding hydrogens is 346 g/mol. The third kappa shape index (κ3) is 3.25. The number of aryl methyl sites for hydroxylation is 1. The van der Waals surface area contributed by atoms with E-state index in [0.717, 1.165) is 18.5 Å². The van der Waals surface area contributed by atoms with Crippen LogP contribution < -0.4 is 0 Å². The molecule has 4 nitrogen and oxygen atoms in total. The number of benzene rings is 1. The van der Waals surface area contributed by atoms with E-state index in [0.29, 0.717) is 12.5 Å². The number of fused-ring (bicyclic) bond motifs is 5. The van der Waals surface area contributed by atoms with Crippen LogP contribution in [0.2, 0.25) is 0 Å². The van der Waals surface area contributed by atoms with Crippen LogP contribution in [0.5, 0.6) is 0 Å². The molecule has 0 bridgehead atoms. The van der Waals surface area contributed by atoms with Crippen LogP contribution >= 0.6 is 0 Å². The van der Waals surface area contributed by atoms with E-state index in [1.165, 1.54) is 52.7 Å². The van der Waals surface area contributed by atoms with Crippen molar-refractivity contribution in [2.75, 3.05) is 13.1 Å². The fourth-order valence-electron chi connectivity index (χ4n) is 5.11.